The van der Waals surface area contributed by atoms with Gasteiger partial charge in [-0.15, -0.1) is 0 Å². The zero-order chi connectivity index (χ0) is 14.0. The lowest BCUT2D eigenvalue weighted by Gasteiger charge is -2.06. The Bertz CT molecular complexity index is 607. The quantitative estimate of drug-likeness (QED) is 0.875. The Morgan fingerprint density at radius 1 is 1.37 bits per heavy atom. The van der Waals surface area contributed by atoms with Gasteiger partial charge in [0.2, 0.25) is 0 Å². The number of benzene rings is 1. The lowest BCUT2D eigenvalue weighted by molar-refractivity contribution is -0.170. The highest BCUT2D eigenvalue weighted by atomic mass is 35.5. The van der Waals surface area contributed by atoms with Gasteiger partial charge >= 0.3 is 6.18 Å². The Hall–Kier alpha value is -1.53. The van der Waals surface area contributed by atoms with Gasteiger partial charge in [-0.3, -0.25) is 4.79 Å². The molecule has 102 valence electrons. The van der Waals surface area contributed by atoms with Crippen molar-refractivity contribution in [3.63, 3.8) is 0 Å². The van der Waals surface area contributed by atoms with Crippen molar-refractivity contribution in [1.29, 1.82) is 0 Å². The Kier molecular flexibility index (Phi) is 3.82. The molecule has 1 aromatic heterocycles. The smallest absolute Gasteiger partial charge is 0.364 e. The zero-order valence-corrected chi connectivity index (χ0v) is 10.3. The summed E-state index contributed by atoms with van der Waals surface area (Å²) in [5, 5.41) is 1.01. The second-order valence-corrected chi connectivity index (χ2v) is 4.36. The van der Waals surface area contributed by atoms with Crippen LogP contribution in [-0.4, -0.2) is 30.2 Å². The van der Waals surface area contributed by atoms with Gasteiger partial charge in [0.25, 0.3) is 0 Å². The second kappa shape index (κ2) is 5.22. The fourth-order valence-electron chi connectivity index (χ4n) is 1.66. The number of H-pyrrole nitrogens is 1. The molecule has 2 aromatic rings. The van der Waals surface area contributed by atoms with Crippen LogP contribution in [0.25, 0.3) is 10.9 Å². The number of hydrogen-bond donors (Lipinski definition) is 1. The van der Waals surface area contributed by atoms with Gasteiger partial charge in [0.15, 0.2) is 5.78 Å². The number of rotatable bonds is 4. The summed E-state index contributed by atoms with van der Waals surface area (Å²) in [6, 6.07) is 4.91. The molecule has 0 aliphatic rings. The molecule has 1 heterocycles. The van der Waals surface area contributed by atoms with E-state index in [0.29, 0.717) is 15.9 Å². The number of alkyl halides is 3. The topological polar surface area (TPSA) is 42.1 Å². The number of ether oxygens (including phenoxy) is 1. The van der Waals surface area contributed by atoms with E-state index in [1.807, 2.05) is 0 Å². The highest BCUT2D eigenvalue weighted by Crippen LogP contribution is 2.23. The van der Waals surface area contributed by atoms with Crippen LogP contribution in [0.4, 0.5) is 13.2 Å². The van der Waals surface area contributed by atoms with E-state index < -0.39 is 25.2 Å². The van der Waals surface area contributed by atoms with Gasteiger partial charge in [-0.05, 0) is 18.2 Å². The first-order chi connectivity index (χ1) is 8.87. The average Bonchev–Trinajstić information content (AvgIpc) is 2.69. The SMILES string of the molecule is O=C(COCC(F)(F)F)c1c[nH]c2ccc(Cl)cc12. The third-order valence-electron chi connectivity index (χ3n) is 2.44. The molecule has 2 rings (SSSR count). The minimum absolute atomic E-state index is 0.264. The van der Waals surface area contributed by atoms with Crippen LogP contribution in [0.5, 0.6) is 0 Å². The molecular weight excluding hydrogens is 283 g/mol. The molecule has 19 heavy (non-hydrogen) atoms. The van der Waals surface area contributed by atoms with Gasteiger partial charge < -0.3 is 9.72 Å². The molecule has 0 atom stereocenters. The first-order valence-corrected chi connectivity index (χ1v) is 5.69. The predicted molar refractivity (Wildman–Crippen MR) is 64.5 cm³/mol. The van der Waals surface area contributed by atoms with Gasteiger partial charge in [0.05, 0.1) is 0 Å². The van der Waals surface area contributed by atoms with Crippen LogP contribution >= 0.6 is 11.6 Å². The molecule has 0 saturated carbocycles. The first-order valence-electron chi connectivity index (χ1n) is 5.31. The maximum absolute atomic E-state index is 11.9. The number of halogens is 4. The minimum atomic E-state index is -4.44. The van der Waals surface area contributed by atoms with Gasteiger partial charge in [-0.25, -0.2) is 0 Å². The van der Waals surface area contributed by atoms with Crippen molar-refractivity contribution in [3.8, 4) is 0 Å². The van der Waals surface area contributed by atoms with Crippen LogP contribution in [-0.2, 0) is 4.74 Å². The van der Waals surface area contributed by atoms with Crippen LogP contribution in [0.15, 0.2) is 24.4 Å². The van der Waals surface area contributed by atoms with Gasteiger partial charge in [-0.2, -0.15) is 13.2 Å². The van der Waals surface area contributed by atoms with E-state index in [2.05, 4.69) is 9.72 Å². The molecule has 0 bridgehead atoms. The predicted octanol–water partition coefficient (Wildman–Crippen LogP) is 3.58. The molecule has 1 N–H and O–H groups in total. The van der Waals surface area contributed by atoms with Crippen molar-refractivity contribution in [3.05, 3.63) is 35.0 Å². The maximum atomic E-state index is 11.9. The van der Waals surface area contributed by atoms with Crippen molar-refractivity contribution in [1.82, 2.24) is 4.98 Å². The molecule has 0 aliphatic heterocycles. The van der Waals surface area contributed by atoms with E-state index in [0.717, 1.165) is 0 Å². The van der Waals surface area contributed by atoms with Crippen LogP contribution in [0.1, 0.15) is 10.4 Å². The van der Waals surface area contributed by atoms with Crippen LogP contribution in [0.3, 0.4) is 0 Å². The minimum Gasteiger partial charge on any atom is -0.364 e. The fourth-order valence-corrected chi connectivity index (χ4v) is 1.83. The summed E-state index contributed by atoms with van der Waals surface area (Å²) < 4.78 is 40.0. The third-order valence-corrected chi connectivity index (χ3v) is 2.68. The van der Waals surface area contributed by atoms with E-state index >= 15 is 0 Å². The molecule has 1 aromatic carbocycles. The molecule has 7 heteroatoms. The molecule has 0 amide bonds. The molecular formula is C12H9ClF3NO2. The average molecular weight is 292 g/mol. The third kappa shape index (κ3) is 3.48. The summed E-state index contributed by atoms with van der Waals surface area (Å²) in [6.45, 7) is -2.07. The number of hydrogen-bond acceptors (Lipinski definition) is 2. The van der Waals surface area contributed by atoms with E-state index in [4.69, 9.17) is 11.6 Å². The largest absolute Gasteiger partial charge is 0.411 e. The Morgan fingerprint density at radius 2 is 2.11 bits per heavy atom. The van der Waals surface area contributed by atoms with Crippen LogP contribution in [0.2, 0.25) is 5.02 Å². The summed E-state index contributed by atoms with van der Waals surface area (Å²) in [5.74, 6) is -0.530. The van der Waals surface area contributed by atoms with Crippen molar-refractivity contribution in [2.45, 2.75) is 6.18 Å². The van der Waals surface area contributed by atoms with Crippen molar-refractivity contribution < 1.29 is 22.7 Å². The number of carbonyl (C=O) groups is 1. The van der Waals surface area contributed by atoms with Crippen LogP contribution < -0.4 is 0 Å². The molecule has 0 spiro atoms. The standard InChI is InChI=1S/C12H9ClF3NO2/c13-7-1-2-10-8(3-7)9(4-17-10)11(18)5-19-6-12(14,15)16/h1-4,17H,5-6H2. The van der Waals surface area contributed by atoms with E-state index in [1.165, 1.54) is 6.20 Å². The Labute approximate surface area is 111 Å². The zero-order valence-electron chi connectivity index (χ0n) is 9.55. The highest BCUT2D eigenvalue weighted by Gasteiger charge is 2.28. The molecule has 0 unspecified atom stereocenters. The monoisotopic (exact) mass is 291 g/mol. The number of aromatic nitrogens is 1. The van der Waals surface area contributed by atoms with E-state index in [9.17, 15) is 18.0 Å². The van der Waals surface area contributed by atoms with Gasteiger partial charge in [0, 0.05) is 27.7 Å². The molecule has 0 fully saturated rings. The molecule has 0 saturated heterocycles. The highest BCUT2D eigenvalue weighted by molar-refractivity contribution is 6.31. The normalized spacial score (nSPS) is 12.0. The van der Waals surface area contributed by atoms with E-state index in [1.54, 1.807) is 18.2 Å². The summed E-state index contributed by atoms with van der Waals surface area (Å²) >= 11 is 5.81. The molecule has 0 radical (unpaired) electrons. The van der Waals surface area contributed by atoms with Crippen molar-refractivity contribution >= 4 is 28.3 Å². The summed E-state index contributed by atoms with van der Waals surface area (Å²) in [5.41, 5.74) is 0.947. The number of Topliss-reactive ketones (excluding diaryl/α,β-unsaturated/α-hetero) is 1. The second-order valence-electron chi connectivity index (χ2n) is 3.92. The van der Waals surface area contributed by atoms with Gasteiger partial charge in [0.1, 0.15) is 13.2 Å². The number of aromatic amines is 1. The number of carbonyl (C=O) groups excluding carboxylic acids is 1. The van der Waals surface area contributed by atoms with Crippen molar-refractivity contribution in [2.24, 2.45) is 0 Å². The van der Waals surface area contributed by atoms with Crippen molar-refractivity contribution in [2.75, 3.05) is 13.2 Å². The van der Waals surface area contributed by atoms with Gasteiger partial charge in [-0.1, -0.05) is 11.6 Å². The van der Waals surface area contributed by atoms with Crippen LogP contribution in [0, 0.1) is 0 Å². The number of nitrogens with one attached hydrogen (secondary N) is 1. The molecule has 3 nitrogen and oxygen atoms in total. The lowest BCUT2D eigenvalue weighted by Crippen LogP contribution is -2.20. The summed E-state index contributed by atoms with van der Waals surface area (Å²) in [6.07, 6.45) is -3.01. The Morgan fingerprint density at radius 3 is 2.79 bits per heavy atom. The lowest BCUT2D eigenvalue weighted by atomic mass is 10.1. The summed E-state index contributed by atoms with van der Waals surface area (Å²) in [4.78, 5) is 14.6. The maximum Gasteiger partial charge on any atom is 0.411 e. The molecule has 0 aliphatic carbocycles. The number of ketones is 1. The van der Waals surface area contributed by atoms with E-state index in [-0.39, 0.29) is 5.56 Å². The number of fused-ring (bicyclic) bond motifs is 1. The first kappa shape index (κ1) is 13.9. The summed E-state index contributed by atoms with van der Waals surface area (Å²) in [7, 11) is 0. The fraction of sp³-hybridized carbons (Fsp3) is 0.250. The Balaban J connectivity index is 2.11.